The molecule has 0 amide bonds. The summed E-state index contributed by atoms with van der Waals surface area (Å²) < 4.78 is 33.3. The lowest BCUT2D eigenvalue weighted by Crippen LogP contribution is -2.41. The first kappa shape index (κ1) is 22.6. The van der Waals surface area contributed by atoms with E-state index in [0.29, 0.717) is 22.4 Å². The Kier molecular flexibility index (Phi) is 6.92. The summed E-state index contributed by atoms with van der Waals surface area (Å²) >= 11 is 6.63. The van der Waals surface area contributed by atoms with E-state index in [1.165, 1.54) is 17.1 Å². The van der Waals surface area contributed by atoms with E-state index >= 15 is 0 Å². The van der Waals surface area contributed by atoms with Gasteiger partial charge in [-0.25, -0.2) is 12.7 Å². The van der Waals surface area contributed by atoms with E-state index in [4.69, 9.17) is 16.3 Å². The molecule has 0 N–H and O–H groups in total. The summed E-state index contributed by atoms with van der Waals surface area (Å²) in [5.41, 5.74) is 2.05. The van der Waals surface area contributed by atoms with Crippen molar-refractivity contribution in [3.8, 4) is 5.75 Å². The van der Waals surface area contributed by atoms with Gasteiger partial charge in [-0.15, -0.1) is 0 Å². The summed E-state index contributed by atoms with van der Waals surface area (Å²) in [6.45, 7) is 5.53. The summed E-state index contributed by atoms with van der Waals surface area (Å²) in [7, 11) is -1.81. The van der Waals surface area contributed by atoms with Crippen molar-refractivity contribution < 1.29 is 13.2 Å². The maximum Gasteiger partial charge on any atom is 0.242 e. The fraction of sp³-hybridized carbons (Fsp3) is 0.500. The molecule has 0 spiro atoms. The first-order valence-electron chi connectivity index (χ1n) is 11.0. The molecule has 1 aliphatic carbocycles. The van der Waals surface area contributed by atoms with E-state index in [9.17, 15) is 8.42 Å². The Morgan fingerprint density at radius 1 is 1.13 bits per heavy atom. The van der Waals surface area contributed by atoms with Gasteiger partial charge in [0.1, 0.15) is 5.75 Å². The number of nitrogens with zero attached hydrogens (tertiary/aromatic N) is 2. The number of halogens is 1. The first-order valence-corrected chi connectivity index (χ1v) is 12.8. The standard InChI is InChI=1S/C24H31ClN2O3S/c1-18-7-5-9-22(13-18)31(28,29)26(2)16-19-14-21(15-19)30-23-10-6-8-20(24(23)25)17-27-11-3-4-12-27/h5-10,13,19,21H,3-4,11-12,14-17H2,1-2H3. The van der Waals surface area contributed by atoms with Gasteiger partial charge in [-0.1, -0.05) is 35.9 Å². The Balaban J connectivity index is 1.30. The molecule has 168 valence electrons. The van der Waals surface area contributed by atoms with Crippen molar-refractivity contribution in [2.75, 3.05) is 26.7 Å². The minimum absolute atomic E-state index is 0.0830. The van der Waals surface area contributed by atoms with E-state index in [1.54, 1.807) is 25.2 Å². The van der Waals surface area contributed by atoms with E-state index in [2.05, 4.69) is 11.0 Å². The molecule has 1 saturated heterocycles. The zero-order valence-electron chi connectivity index (χ0n) is 18.3. The van der Waals surface area contributed by atoms with Crippen molar-refractivity contribution in [3.05, 3.63) is 58.6 Å². The van der Waals surface area contributed by atoms with Gasteiger partial charge in [-0.2, -0.15) is 0 Å². The molecular weight excluding hydrogens is 432 g/mol. The van der Waals surface area contributed by atoms with Crippen molar-refractivity contribution in [2.45, 2.75) is 50.2 Å². The van der Waals surface area contributed by atoms with Crippen LogP contribution >= 0.6 is 11.6 Å². The van der Waals surface area contributed by atoms with Crippen molar-refractivity contribution >= 4 is 21.6 Å². The molecule has 2 fully saturated rings. The highest BCUT2D eigenvalue weighted by atomic mass is 35.5. The van der Waals surface area contributed by atoms with Gasteiger partial charge in [-0.05, 0) is 80.9 Å². The number of aryl methyl sites for hydroxylation is 1. The highest BCUT2D eigenvalue weighted by molar-refractivity contribution is 7.89. The molecule has 7 heteroatoms. The fourth-order valence-corrected chi connectivity index (χ4v) is 6.05. The van der Waals surface area contributed by atoms with Crippen LogP contribution in [0.5, 0.6) is 5.75 Å². The van der Waals surface area contributed by atoms with Crippen LogP contribution in [0.3, 0.4) is 0 Å². The predicted molar refractivity (Wildman–Crippen MR) is 124 cm³/mol. The quantitative estimate of drug-likeness (QED) is 0.569. The van der Waals surface area contributed by atoms with Gasteiger partial charge in [0.15, 0.2) is 0 Å². The summed E-state index contributed by atoms with van der Waals surface area (Å²) in [6, 6.07) is 13.1. The second kappa shape index (κ2) is 9.49. The lowest BCUT2D eigenvalue weighted by atomic mass is 9.82. The molecule has 0 aromatic heterocycles. The molecule has 0 radical (unpaired) electrons. The zero-order chi connectivity index (χ0) is 22.0. The average Bonchev–Trinajstić information content (AvgIpc) is 3.22. The second-order valence-corrected chi connectivity index (χ2v) is 11.3. The van der Waals surface area contributed by atoms with Crippen LogP contribution < -0.4 is 4.74 Å². The molecule has 5 nitrogen and oxygen atoms in total. The van der Waals surface area contributed by atoms with Gasteiger partial charge in [0.2, 0.25) is 10.0 Å². The van der Waals surface area contributed by atoms with Crippen LogP contribution in [0.1, 0.15) is 36.8 Å². The first-order chi connectivity index (χ1) is 14.8. The third-order valence-corrected chi connectivity index (χ3v) is 8.58. The van der Waals surface area contributed by atoms with Gasteiger partial charge in [0.25, 0.3) is 0 Å². The number of ether oxygens (including phenoxy) is 1. The highest BCUT2D eigenvalue weighted by Crippen LogP contribution is 2.37. The number of hydrogen-bond donors (Lipinski definition) is 0. The monoisotopic (exact) mass is 462 g/mol. The number of sulfonamides is 1. The van der Waals surface area contributed by atoms with Crippen molar-refractivity contribution in [1.82, 2.24) is 9.21 Å². The van der Waals surface area contributed by atoms with Crippen LogP contribution in [0.4, 0.5) is 0 Å². The fourth-order valence-electron chi connectivity index (χ4n) is 4.47. The summed E-state index contributed by atoms with van der Waals surface area (Å²) in [5, 5.41) is 0.706. The Hall–Kier alpha value is -1.60. The zero-order valence-corrected chi connectivity index (χ0v) is 19.8. The van der Waals surface area contributed by atoms with Crippen LogP contribution in [-0.2, 0) is 16.6 Å². The van der Waals surface area contributed by atoms with Crippen LogP contribution in [0, 0.1) is 12.8 Å². The third kappa shape index (κ3) is 5.25. The van der Waals surface area contributed by atoms with Crippen molar-refractivity contribution in [2.24, 2.45) is 5.92 Å². The average molecular weight is 463 g/mol. The minimum Gasteiger partial charge on any atom is -0.489 e. The molecule has 1 heterocycles. The van der Waals surface area contributed by atoms with Crippen LogP contribution in [0.2, 0.25) is 5.02 Å². The Morgan fingerprint density at radius 3 is 2.55 bits per heavy atom. The van der Waals surface area contributed by atoms with Crippen molar-refractivity contribution in [1.29, 1.82) is 0 Å². The molecule has 2 aliphatic rings. The molecule has 0 bridgehead atoms. The van der Waals surface area contributed by atoms with Gasteiger partial charge < -0.3 is 4.74 Å². The smallest absolute Gasteiger partial charge is 0.242 e. The van der Waals surface area contributed by atoms with E-state index in [0.717, 1.165) is 49.4 Å². The largest absolute Gasteiger partial charge is 0.489 e. The predicted octanol–water partition coefficient (Wildman–Crippen LogP) is 4.72. The van der Waals surface area contributed by atoms with E-state index in [1.807, 2.05) is 25.1 Å². The summed E-state index contributed by atoms with van der Waals surface area (Å²) in [5.74, 6) is 1.03. The SMILES string of the molecule is Cc1cccc(S(=O)(=O)N(C)CC2CC(Oc3cccc(CN4CCCC4)c3Cl)C2)c1. The molecule has 2 aromatic rings. The normalized spacial score (nSPS) is 21.9. The molecule has 0 unspecified atom stereocenters. The van der Waals surface area contributed by atoms with E-state index in [-0.39, 0.29) is 6.10 Å². The van der Waals surface area contributed by atoms with Crippen LogP contribution in [-0.4, -0.2) is 50.4 Å². The maximum absolute atomic E-state index is 12.8. The van der Waals surface area contributed by atoms with Gasteiger partial charge in [0.05, 0.1) is 16.0 Å². The molecule has 2 aromatic carbocycles. The molecule has 0 atom stereocenters. The van der Waals surface area contributed by atoms with Crippen LogP contribution in [0.15, 0.2) is 47.4 Å². The molecule has 1 saturated carbocycles. The highest BCUT2D eigenvalue weighted by Gasteiger charge is 2.34. The third-order valence-electron chi connectivity index (χ3n) is 6.34. The number of rotatable bonds is 8. The van der Waals surface area contributed by atoms with Gasteiger partial charge >= 0.3 is 0 Å². The second-order valence-electron chi connectivity index (χ2n) is 8.89. The van der Waals surface area contributed by atoms with E-state index < -0.39 is 10.0 Å². The van der Waals surface area contributed by atoms with Crippen molar-refractivity contribution in [3.63, 3.8) is 0 Å². The molecule has 1 aliphatic heterocycles. The minimum atomic E-state index is -3.47. The van der Waals surface area contributed by atoms with Crippen LogP contribution in [0.25, 0.3) is 0 Å². The molecule has 4 rings (SSSR count). The summed E-state index contributed by atoms with van der Waals surface area (Å²) in [6.07, 6.45) is 4.26. The Morgan fingerprint density at radius 2 is 1.84 bits per heavy atom. The molecule has 31 heavy (non-hydrogen) atoms. The number of benzene rings is 2. The summed E-state index contributed by atoms with van der Waals surface area (Å²) in [4.78, 5) is 2.78. The topological polar surface area (TPSA) is 49.9 Å². The molecular formula is C24H31ClN2O3S. The Bertz CT molecular complexity index is 1020. The van der Waals surface area contributed by atoms with Gasteiger partial charge in [0, 0.05) is 20.1 Å². The number of hydrogen-bond acceptors (Lipinski definition) is 4. The lowest BCUT2D eigenvalue weighted by Gasteiger charge is -2.37. The number of likely N-dealkylation sites (tertiary alicyclic amines) is 1. The Labute approximate surface area is 191 Å². The maximum atomic E-state index is 12.8. The van der Waals surface area contributed by atoms with Gasteiger partial charge in [-0.3, -0.25) is 4.90 Å². The lowest BCUT2D eigenvalue weighted by molar-refractivity contribution is 0.0575.